The summed E-state index contributed by atoms with van der Waals surface area (Å²) in [4.78, 5) is 11.9. The number of carbonyl (C=O) groups is 1. The fourth-order valence-electron chi connectivity index (χ4n) is 12.1. The molecule has 0 aromatic carbocycles. The molecule has 10 atom stereocenters. The maximum Gasteiger partial charge on any atom is 0.302 e. The monoisotopic (exact) mass is 470 g/mol. The van der Waals surface area contributed by atoms with Crippen LogP contribution in [0.15, 0.2) is 0 Å². The van der Waals surface area contributed by atoms with E-state index in [2.05, 4.69) is 55.4 Å². The topological polar surface area (TPSA) is 26.3 Å². The summed E-state index contributed by atoms with van der Waals surface area (Å²) in [6.45, 7) is 22.3. The van der Waals surface area contributed by atoms with Crippen molar-refractivity contribution in [2.75, 3.05) is 0 Å². The van der Waals surface area contributed by atoms with Crippen LogP contribution in [0.1, 0.15) is 127 Å². The average Bonchev–Trinajstić information content (AvgIpc) is 3.08. The highest BCUT2D eigenvalue weighted by molar-refractivity contribution is 5.66. The second kappa shape index (κ2) is 7.74. The second-order valence-electron chi connectivity index (χ2n) is 15.8. The normalized spacial score (nSPS) is 53.9. The van der Waals surface area contributed by atoms with Crippen molar-refractivity contribution in [2.45, 2.75) is 133 Å². The van der Waals surface area contributed by atoms with Crippen molar-refractivity contribution < 1.29 is 9.53 Å². The predicted octanol–water partition coefficient (Wildman–Crippen LogP) is 8.68. The van der Waals surface area contributed by atoms with E-state index < -0.39 is 0 Å². The fraction of sp³-hybridized carbons (Fsp3) is 0.969. The summed E-state index contributed by atoms with van der Waals surface area (Å²) in [5.41, 5.74) is 1.94. The Bertz CT molecular complexity index is 829. The van der Waals surface area contributed by atoms with Crippen LogP contribution in [0.2, 0.25) is 0 Å². The maximum absolute atomic E-state index is 11.9. The molecule has 194 valence electrons. The Morgan fingerprint density at radius 1 is 0.765 bits per heavy atom. The third-order valence-corrected chi connectivity index (χ3v) is 14.0. The van der Waals surface area contributed by atoms with Gasteiger partial charge in [0.1, 0.15) is 6.10 Å². The zero-order valence-electron chi connectivity index (χ0n) is 23.9. The molecule has 2 heteroatoms. The number of ether oxygens (including phenoxy) is 1. The molecule has 0 heterocycles. The van der Waals surface area contributed by atoms with Crippen molar-refractivity contribution in [2.24, 2.45) is 62.6 Å². The van der Waals surface area contributed by atoms with Gasteiger partial charge in [-0.25, -0.2) is 0 Å². The third kappa shape index (κ3) is 3.14. The second-order valence-corrected chi connectivity index (χ2v) is 15.8. The van der Waals surface area contributed by atoms with Crippen molar-refractivity contribution in [3.63, 3.8) is 0 Å². The lowest BCUT2D eigenvalue weighted by Crippen LogP contribution is -2.66. The first-order valence-corrected chi connectivity index (χ1v) is 14.9. The molecule has 0 aromatic rings. The van der Waals surface area contributed by atoms with E-state index in [-0.39, 0.29) is 17.5 Å². The van der Waals surface area contributed by atoms with E-state index in [9.17, 15) is 4.79 Å². The molecule has 5 aliphatic carbocycles. The molecule has 5 saturated carbocycles. The smallest absolute Gasteiger partial charge is 0.302 e. The standard InChI is InChI=1S/C32H54O2/c1-20(2)22-12-15-29(6)18-19-31(8)23(27(22)29)10-11-25-30(7)16-14-26(34-21(3)33)28(4,5)24(30)13-17-32(25,31)9/h20,22-27H,10-19H2,1-9H3/t22-,23+,24-,25-,26+,27+,29+,30-,31+,32+/m0/s1. The van der Waals surface area contributed by atoms with Gasteiger partial charge in [-0.1, -0.05) is 55.4 Å². The van der Waals surface area contributed by atoms with Crippen LogP contribution in [0.25, 0.3) is 0 Å². The predicted molar refractivity (Wildman–Crippen MR) is 140 cm³/mol. The molecule has 0 radical (unpaired) electrons. The first-order chi connectivity index (χ1) is 15.7. The number of hydrogen-bond acceptors (Lipinski definition) is 2. The van der Waals surface area contributed by atoms with Crippen molar-refractivity contribution in [3.05, 3.63) is 0 Å². The van der Waals surface area contributed by atoms with Gasteiger partial charge >= 0.3 is 5.97 Å². The molecule has 0 amide bonds. The molecule has 5 aliphatic rings. The van der Waals surface area contributed by atoms with Gasteiger partial charge in [0.25, 0.3) is 0 Å². The summed E-state index contributed by atoms with van der Waals surface area (Å²) in [5.74, 6) is 4.96. The highest BCUT2D eigenvalue weighted by atomic mass is 16.5. The van der Waals surface area contributed by atoms with E-state index in [0.29, 0.717) is 27.6 Å². The van der Waals surface area contributed by atoms with Crippen LogP contribution in [0.4, 0.5) is 0 Å². The van der Waals surface area contributed by atoms with E-state index >= 15 is 0 Å². The Balaban J connectivity index is 1.49. The highest BCUT2D eigenvalue weighted by Gasteiger charge is 2.70. The average molecular weight is 471 g/mol. The molecule has 5 fully saturated rings. The van der Waals surface area contributed by atoms with Crippen molar-refractivity contribution in [1.29, 1.82) is 0 Å². The Morgan fingerprint density at radius 2 is 1.47 bits per heavy atom. The van der Waals surface area contributed by atoms with Gasteiger partial charge in [-0.3, -0.25) is 4.79 Å². The van der Waals surface area contributed by atoms with Crippen LogP contribution in [0.3, 0.4) is 0 Å². The molecule has 34 heavy (non-hydrogen) atoms. The van der Waals surface area contributed by atoms with Crippen LogP contribution in [-0.2, 0) is 9.53 Å². The summed E-state index contributed by atoms with van der Waals surface area (Å²) in [5, 5.41) is 0. The zero-order chi connectivity index (χ0) is 24.9. The zero-order valence-corrected chi connectivity index (χ0v) is 23.9. The molecule has 2 nitrogen and oxygen atoms in total. The van der Waals surface area contributed by atoms with E-state index in [4.69, 9.17) is 4.74 Å². The van der Waals surface area contributed by atoms with Gasteiger partial charge in [-0.15, -0.1) is 0 Å². The number of carbonyl (C=O) groups excluding carboxylic acids is 1. The van der Waals surface area contributed by atoms with Crippen molar-refractivity contribution in [1.82, 2.24) is 0 Å². The molecule has 0 unspecified atom stereocenters. The van der Waals surface area contributed by atoms with Gasteiger partial charge in [0.2, 0.25) is 0 Å². The molecule has 5 rings (SSSR count). The minimum Gasteiger partial charge on any atom is -0.462 e. The molecule has 0 aromatic heterocycles. The molecule has 0 aliphatic heterocycles. The summed E-state index contributed by atoms with van der Waals surface area (Å²) in [6.07, 6.45) is 13.8. The lowest BCUT2D eigenvalue weighted by atomic mass is 9.32. The van der Waals surface area contributed by atoms with Crippen molar-refractivity contribution in [3.8, 4) is 0 Å². The van der Waals surface area contributed by atoms with Crippen LogP contribution >= 0.6 is 0 Å². The first kappa shape index (κ1) is 25.1. The molecule has 0 saturated heterocycles. The van der Waals surface area contributed by atoms with E-state index in [0.717, 1.165) is 36.0 Å². The maximum atomic E-state index is 11.9. The van der Waals surface area contributed by atoms with Gasteiger partial charge in [0.15, 0.2) is 0 Å². The summed E-state index contributed by atoms with van der Waals surface area (Å²) >= 11 is 0. The van der Waals surface area contributed by atoms with Gasteiger partial charge in [0, 0.05) is 12.3 Å². The SMILES string of the molecule is CC(=O)O[C@@H]1CC[C@@]2(C)[C@@H](CC[C@]3(C)[C@H]2CC[C@@H]2[C@H]4[C@H](C(C)C)CC[C@]4(C)CC[C@]23C)C1(C)C. The largest absolute Gasteiger partial charge is 0.462 e. The number of esters is 1. The Kier molecular flexibility index (Phi) is 5.72. The number of rotatable bonds is 2. The molecule has 0 N–H and O–H groups in total. The first-order valence-electron chi connectivity index (χ1n) is 14.9. The summed E-state index contributed by atoms with van der Waals surface area (Å²) in [6, 6.07) is 0. The summed E-state index contributed by atoms with van der Waals surface area (Å²) in [7, 11) is 0. The fourth-order valence-corrected chi connectivity index (χ4v) is 12.1. The Hall–Kier alpha value is -0.530. The minimum atomic E-state index is -0.100. The van der Waals surface area contributed by atoms with Crippen LogP contribution in [-0.4, -0.2) is 12.1 Å². The van der Waals surface area contributed by atoms with E-state index in [1.165, 1.54) is 57.8 Å². The van der Waals surface area contributed by atoms with Gasteiger partial charge < -0.3 is 4.74 Å². The van der Waals surface area contributed by atoms with Gasteiger partial charge in [0.05, 0.1) is 0 Å². The van der Waals surface area contributed by atoms with Gasteiger partial charge in [-0.2, -0.15) is 0 Å². The molecule has 0 spiro atoms. The molecule has 0 bridgehead atoms. The minimum absolute atomic E-state index is 0.0665. The number of hydrogen-bond donors (Lipinski definition) is 0. The third-order valence-electron chi connectivity index (χ3n) is 14.0. The lowest BCUT2D eigenvalue weighted by Gasteiger charge is -2.73. The summed E-state index contributed by atoms with van der Waals surface area (Å²) < 4.78 is 5.92. The van der Waals surface area contributed by atoms with Crippen LogP contribution in [0, 0.1) is 62.6 Å². The van der Waals surface area contributed by atoms with Crippen molar-refractivity contribution >= 4 is 5.97 Å². The van der Waals surface area contributed by atoms with Crippen LogP contribution in [0.5, 0.6) is 0 Å². The van der Waals surface area contributed by atoms with E-state index in [1.807, 2.05) is 0 Å². The number of fused-ring (bicyclic) bond motifs is 7. The molecular formula is C32H54O2. The Labute approximate surface area is 210 Å². The highest BCUT2D eigenvalue weighted by Crippen LogP contribution is 2.77. The van der Waals surface area contributed by atoms with Crippen LogP contribution < -0.4 is 0 Å². The lowest BCUT2D eigenvalue weighted by molar-refractivity contribution is -0.250. The quantitative estimate of drug-likeness (QED) is 0.377. The van der Waals surface area contributed by atoms with E-state index in [1.54, 1.807) is 6.92 Å². The Morgan fingerprint density at radius 3 is 2.12 bits per heavy atom. The molecular weight excluding hydrogens is 416 g/mol. The van der Waals surface area contributed by atoms with Gasteiger partial charge in [-0.05, 0) is 121 Å².